The monoisotopic (exact) mass is 293 g/mol. The van der Waals surface area contributed by atoms with E-state index < -0.39 is 0 Å². The van der Waals surface area contributed by atoms with Gasteiger partial charge in [0.2, 0.25) is 0 Å². The highest BCUT2D eigenvalue weighted by Crippen LogP contribution is 2.28. The molecule has 21 heavy (non-hydrogen) atoms. The average molecular weight is 293 g/mol. The number of aliphatic hydroxyl groups excluding tert-OH is 1. The molecule has 0 radical (unpaired) electrons. The summed E-state index contributed by atoms with van der Waals surface area (Å²) >= 11 is 0. The molecule has 6 nitrogen and oxygen atoms in total. The van der Waals surface area contributed by atoms with Crippen LogP contribution in [0.5, 0.6) is 5.75 Å². The van der Waals surface area contributed by atoms with Gasteiger partial charge in [0.15, 0.2) is 5.84 Å². The van der Waals surface area contributed by atoms with E-state index in [1.807, 2.05) is 0 Å². The molecule has 0 unspecified atom stereocenters. The van der Waals surface area contributed by atoms with E-state index in [4.69, 9.17) is 15.7 Å². The van der Waals surface area contributed by atoms with Crippen LogP contribution in [0.1, 0.15) is 31.2 Å². The van der Waals surface area contributed by atoms with Gasteiger partial charge in [0.25, 0.3) is 0 Å². The third-order valence-electron chi connectivity index (χ3n) is 3.99. The molecule has 0 heterocycles. The number of aliphatic hydroxyl groups is 1. The van der Waals surface area contributed by atoms with E-state index >= 15 is 0 Å². The number of nitrogens with zero attached hydrogens (tertiary/aromatic N) is 1. The maximum atomic E-state index is 9.49. The van der Waals surface area contributed by atoms with Gasteiger partial charge in [-0.2, -0.15) is 0 Å². The number of nitrogens with one attached hydrogen (secondary N) is 1. The third kappa shape index (κ3) is 4.09. The van der Waals surface area contributed by atoms with Crippen LogP contribution >= 0.6 is 0 Å². The molecule has 0 saturated heterocycles. The molecule has 1 fully saturated rings. The van der Waals surface area contributed by atoms with E-state index in [9.17, 15) is 5.11 Å². The van der Waals surface area contributed by atoms with Gasteiger partial charge in [-0.15, -0.1) is 0 Å². The molecule has 1 aromatic rings. The molecule has 116 valence electrons. The summed E-state index contributed by atoms with van der Waals surface area (Å²) in [6.45, 7) is 1.41. The summed E-state index contributed by atoms with van der Waals surface area (Å²) in [5, 5.41) is 24.4. The Morgan fingerprint density at radius 1 is 1.29 bits per heavy atom. The van der Waals surface area contributed by atoms with Gasteiger partial charge >= 0.3 is 0 Å². The number of rotatable bonds is 7. The van der Waals surface area contributed by atoms with Crippen LogP contribution in [0.2, 0.25) is 0 Å². The van der Waals surface area contributed by atoms with Crippen LogP contribution in [0.3, 0.4) is 0 Å². The van der Waals surface area contributed by atoms with E-state index in [1.54, 1.807) is 24.3 Å². The van der Waals surface area contributed by atoms with E-state index in [2.05, 4.69) is 10.5 Å². The van der Waals surface area contributed by atoms with Gasteiger partial charge in [-0.05, 0) is 37.1 Å². The smallest absolute Gasteiger partial charge is 0.170 e. The van der Waals surface area contributed by atoms with Crippen molar-refractivity contribution < 1.29 is 15.1 Å². The van der Waals surface area contributed by atoms with E-state index in [1.165, 1.54) is 12.8 Å². The Kier molecular flexibility index (Phi) is 5.41. The van der Waals surface area contributed by atoms with Gasteiger partial charge in [0, 0.05) is 17.6 Å². The predicted octanol–water partition coefficient (Wildman–Crippen LogP) is 1.05. The molecule has 0 amide bonds. The molecule has 1 aromatic carbocycles. The SMILES string of the molecule is NC(=NO)c1ccc(OCCNC2(CO)CCCC2)cc1. The van der Waals surface area contributed by atoms with Crippen LogP contribution in [0.4, 0.5) is 0 Å². The van der Waals surface area contributed by atoms with Gasteiger partial charge in [0.05, 0.1) is 6.61 Å². The second kappa shape index (κ2) is 7.28. The standard InChI is InChI=1S/C15H23N3O3/c16-14(18-20)12-3-5-13(6-4-12)21-10-9-17-15(11-19)7-1-2-8-15/h3-6,17,19-20H,1-2,7-11H2,(H2,16,18). The van der Waals surface area contributed by atoms with Gasteiger partial charge in [-0.3, -0.25) is 0 Å². The summed E-state index contributed by atoms with van der Waals surface area (Å²) in [4.78, 5) is 0. The molecule has 5 N–H and O–H groups in total. The number of ether oxygens (including phenoxy) is 1. The maximum Gasteiger partial charge on any atom is 0.170 e. The molecule has 0 bridgehead atoms. The molecule has 0 aliphatic heterocycles. The number of hydrogen-bond donors (Lipinski definition) is 4. The first-order chi connectivity index (χ1) is 10.2. The van der Waals surface area contributed by atoms with Crippen molar-refractivity contribution in [3.05, 3.63) is 29.8 Å². The quantitative estimate of drug-likeness (QED) is 0.198. The molecule has 0 spiro atoms. The highest BCUT2D eigenvalue weighted by atomic mass is 16.5. The van der Waals surface area contributed by atoms with Crippen LogP contribution in [-0.2, 0) is 0 Å². The van der Waals surface area contributed by atoms with Crippen molar-refractivity contribution in [2.45, 2.75) is 31.2 Å². The maximum absolute atomic E-state index is 9.49. The van der Waals surface area contributed by atoms with Gasteiger partial charge < -0.3 is 26.1 Å². The predicted molar refractivity (Wildman–Crippen MR) is 80.7 cm³/mol. The van der Waals surface area contributed by atoms with Crippen molar-refractivity contribution >= 4 is 5.84 Å². The third-order valence-corrected chi connectivity index (χ3v) is 3.99. The number of hydrogen-bond acceptors (Lipinski definition) is 5. The zero-order valence-corrected chi connectivity index (χ0v) is 12.1. The molecule has 0 atom stereocenters. The number of oxime groups is 1. The lowest BCUT2D eigenvalue weighted by Crippen LogP contribution is -2.47. The van der Waals surface area contributed by atoms with Gasteiger partial charge in [-0.1, -0.05) is 18.0 Å². The summed E-state index contributed by atoms with van der Waals surface area (Å²) < 4.78 is 5.64. The minimum atomic E-state index is -0.112. The Balaban J connectivity index is 1.76. The van der Waals surface area contributed by atoms with Crippen LogP contribution in [-0.4, -0.2) is 41.4 Å². The highest BCUT2D eigenvalue weighted by molar-refractivity contribution is 5.97. The average Bonchev–Trinajstić information content (AvgIpc) is 3.01. The first-order valence-electron chi connectivity index (χ1n) is 7.26. The second-order valence-corrected chi connectivity index (χ2v) is 5.43. The molecule has 1 saturated carbocycles. The molecule has 0 aromatic heterocycles. The van der Waals surface area contributed by atoms with E-state index in [0.29, 0.717) is 18.7 Å². The van der Waals surface area contributed by atoms with Crippen molar-refractivity contribution in [3.63, 3.8) is 0 Å². The van der Waals surface area contributed by atoms with Crippen molar-refractivity contribution in [3.8, 4) is 5.75 Å². The lowest BCUT2D eigenvalue weighted by atomic mass is 9.99. The second-order valence-electron chi connectivity index (χ2n) is 5.43. The zero-order chi connectivity index (χ0) is 15.1. The van der Waals surface area contributed by atoms with Crippen molar-refractivity contribution in [2.24, 2.45) is 10.9 Å². The molecule has 1 aliphatic carbocycles. The Labute approximate surface area is 124 Å². The Morgan fingerprint density at radius 2 is 1.95 bits per heavy atom. The Hall–Kier alpha value is -1.79. The molecular weight excluding hydrogens is 270 g/mol. The fraction of sp³-hybridized carbons (Fsp3) is 0.533. The summed E-state index contributed by atoms with van der Waals surface area (Å²) in [6, 6.07) is 7.05. The van der Waals surface area contributed by atoms with Crippen LogP contribution in [0.15, 0.2) is 29.4 Å². The van der Waals surface area contributed by atoms with Crippen LogP contribution in [0.25, 0.3) is 0 Å². The summed E-state index contributed by atoms with van der Waals surface area (Å²) in [5.41, 5.74) is 6.03. The van der Waals surface area contributed by atoms with Crippen LogP contribution < -0.4 is 15.8 Å². The summed E-state index contributed by atoms with van der Waals surface area (Å²) in [5.74, 6) is 0.810. The normalized spacial score (nSPS) is 17.9. The van der Waals surface area contributed by atoms with Crippen LogP contribution in [0, 0.1) is 0 Å². The molecule has 1 aliphatic rings. The summed E-state index contributed by atoms with van der Waals surface area (Å²) in [6.07, 6.45) is 4.39. The molecule has 2 rings (SSSR count). The minimum Gasteiger partial charge on any atom is -0.492 e. The van der Waals surface area contributed by atoms with Gasteiger partial charge in [-0.25, -0.2) is 0 Å². The largest absolute Gasteiger partial charge is 0.492 e. The zero-order valence-electron chi connectivity index (χ0n) is 12.1. The number of nitrogens with two attached hydrogens (primary N) is 1. The van der Waals surface area contributed by atoms with Gasteiger partial charge in [0.1, 0.15) is 12.4 Å². The summed E-state index contributed by atoms with van der Waals surface area (Å²) in [7, 11) is 0. The van der Waals surface area contributed by atoms with Crippen molar-refractivity contribution in [2.75, 3.05) is 19.8 Å². The lowest BCUT2D eigenvalue weighted by Gasteiger charge is -2.28. The molecular formula is C15H23N3O3. The number of amidine groups is 1. The topological polar surface area (TPSA) is 100 Å². The van der Waals surface area contributed by atoms with E-state index in [-0.39, 0.29) is 18.0 Å². The fourth-order valence-corrected chi connectivity index (χ4v) is 2.71. The van der Waals surface area contributed by atoms with E-state index in [0.717, 1.165) is 18.6 Å². The molecule has 6 heteroatoms. The lowest BCUT2D eigenvalue weighted by molar-refractivity contribution is 0.157. The Morgan fingerprint density at radius 3 is 2.52 bits per heavy atom. The fourth-order valence-electron chi connectivity index (χ4n) is 2.71. The van der Waals surface area contributed by atoms with Crippen molar-refractivity contribution in [1.82, 2.24) is 5.32 Å². The first kappa shape index (κ1) is 15.6. The number of benzene rings is 1. The Bertz CT molecular complexity index is 468. The minimum absolute atomic E-state index is 0.0781. The van der Waals surface area contributed by atoms with Crippen molar-refractivity contribution in [1.29, 1.82) is 0 Å². The first-order valence-corrected chi connectivity index (χ1v) is 7.26. The highest BCUT2D eigenvalue weighted by Gasteiger charge is 2.32.